The molecule has 82 valence electrons. The average molecular weight is 231 g/mol. The fraction of sp³-hybridized carbons (Fsp3) is 0.909. The lowest BCUT2D eigenvalue weighted by atomic mass is 10.2. The first kappa shape index (κ1) is 14.2. The molecule has 0 aromatic rings. The van der Waals surface area contributed by atoms with E-state index in [1.165, 1.54) is 37.9 Å². The summed E-state index contributed by atoms with van der Waals surface area (Å²) < 4.78 is 0. The maximum absolute atomic E-state index is 8.32. The summed E-state index contributed by atoms with van der Waals surface area (Å²) in [5, 5.41) is 8.32. The molecule has 0 fully saturated rings. The highest BCUT2D eigenvalue weighted by Crippen LogP contribution is 2.23. The van der Waals surface area contributed by atoms with Crippen molar-refractivity contribution < 1.29 is 0 Å². The third kappa shape index (κ3) is 12.2. The van der Waals surface area contributed by atoms with Crippen LogP contribution >= 0.6 is 21.6 Å². The Kier molecular flexibility index (Phi) is 13.4. The second-order valence-electron chi connectivity index (χ2n) is 3.32. The minimum absolute atomic E-state index is 0.712. The molecule has 14 heavy (non-hydrogen) atoms. The molecule has 0 heterocycles. The summed E-state index contributed by atoms with van der Waals surface area (Å²) in [4.78, 5) is 0. The zero-order chi connectivity index (χ0) is 10.5. The molecule has 0 unspecified atom stereocenters. The van der Waals surface area contributed by atoms with Crippen LogP contribution in [0.25, 0.3) is 0 Å². The van der Waals surface area contributed by atoms with Gasteiger partial charge in [-0.15, -0.1) is 0 Å². The van der Waals surface area contributed by atoms with E-state index in [0.29, 0.717) is 6.42 Å². The van der Waals surface area contributed by atoms with Crippen LogP contribution in [-0.2, 0) is 0 Å². The molecule has 3 heteroatoms. The lowest BCUT2D eigenvalue weighted by Gasteiger charge is -2.00. The summed E-state index contributed by atoms with van der Waals surface area (Å²) in [6.45, 7) is 2.25. The molecule has 0 atom stereocenters. The van der Waals surface area contributed by atoms with Crippen LogP contribution in [0.2, 0.25) is 0 Å². The van der Waals surface area contributed by atoms with Gasteiger partial charge in [0.2, 0.25) is 0 Å². The minimum Gasteiger partial charge on any atom is -0.198 e. The molecule has 0 aliphatic carbocycles. The van der Waals surface area contributed by atoms with Crippen LogP contribution in [0.5, 0.6) is 0 Å². The Morgan fingerprint density at radius 1 is 0.929 bits per heavy atom. The lowest BCUT2D eigenvalue weighted by molar-refractivity contribution is 0.660. The van der Waals surface area contributed by atoms with Gasteiger partial charge >= 0.3 is 0 Å². The summed E-state index contributed by atoms with van der Waals surface area (Å²) in [6.07, 6.45) is 8.62. The highest BCUT2D eigenvalue weighted by Gasteiger charge is 1.92. The van der Waals surface area contributed by atoms with Gasteiger partial charge in [0.1, 0.15) is 0 Å². The number of nitriles is 1. The van der Waals surface area contributed by atoms with Crippen LogP contribution in [0.4, 0.5) is 0 Å². The van der Waals surface area contributed by atoms with E-state index in [4.69, 9.17) is 5.26 Å². The highest BCUT2D eigenvalue weighted by atomic mass is 33.1. The molecule has 0 N–H and O–H groups in total. The van der Waals surface area contributed by atoms with Crippen LogP contribution in [0.15, 0.2) is 0 Å². The highest BCUT2D eigenvalue weighted by molar-refractivity contribution is 8.76. The Morgan fingerprint density at radius 3 is 2.21 bits per heavy atom. The van der Waals surface area contributed by atoms with Gasteiger partial charge in [-0.3, -0.25) is 0 Å². The van der Waals surface area contributed by atoms with Crippen LogP contribution in [-0.4, -0.2) is 11.5 Å². The molecular formula is C11H21NS2. The van der Waals surface area contributed by atoms with Crippen molar-refractivity contribution in [1.82, 2.24) is 0 Å². The van der Waals surface area contributed by atoms with Crippen LogP contribution < -0.4 is 0 Å². The van der Waals surface area contributed by atoms with Crippen molar-refractivity contribution in [3.05, 3.63) is 0 Å². The van der Waals surface area contributed by atoms with Crippen LogP contribution in [0, 0.1) is 11.3 Å². The van der Waals surface area contributed by atoms with E-state index in [1.54, 1.807) is 0 Å². The molecular weight excluding hydrogens is 210 g/mol. The predicted octanol–water partition coefficient (Wildman–Crippen LogP) is 4.64. The Bertz CT molecular complexity index is 143. The molecule has 0 spiro atoms. The number of hydrogen-bond acceptors (Lipinski definition) is 3. The second kappa shape index (κ2) is 13.2. The number of hydrogen-bond donors (Lipinski definition) is 0. The van der Waals surface area contributed by atoms with E-state index in [1.807, 2.05) is 21.6 Å². The molecule has 0 aliphatic rings. The SMILES string of the molecule is CCCCCCCSSCCCC#N. The van der Waals surface area contributed by atoms with Gasteiger partial charge in [-0.1, -0.05) is 54.2 Å². The van der Waals surface area contributed by atoms with Gasteiger partial charge in [0.05, 0.1) is 6.07 Å². The second-order valence-corrected chi connectivity index (χ2v) is 6.02. The predicted molar refractivity (Wildman–Crippen MR) is 68.5 cm³/mol. The molecule has 0 saturated heterocycles. The zero-order valence-electron chi connectivity index (χ0n) is 9.13. The van der Waals surface area contributed by atoms with Crippen LogP contribution in [0.3, 0.4) is 0 Å². The summed E-state index contributed by atoms with van der Waals surface area (Å²) in [6, 6.07) is 2.17. The Hall–Kier alpha value is 0.190. The smallest absolute Gasteiger partial charge is 0.0622 e. The summed E-state index contributed by atoms with van der Waals surface area (Å²) >= 11 is 0. The van der Waals surface area contributed by atoms with Crippen molar-refractivity contribution in [1.29, 1.82) is 5.26 Å². The van der Waals surface area contributed by atoms with Crippen molar-refractivity contribution in [2.45, 2.75) is 51.9 Å². The Balaban J connectivity index is 2.82. The van der Waals surface area contributed by atoms with Crippen molar-refractivity contribution >= 4 is 21.6 Å². The quantitative estimate of drug-likeness (QED) is 0.404. The first-order chi connectivity index (χ1) is 6.91. The molecule has 0 saturated carbocycles. The molecule has 1 nitrogen and oxygen atoms in total. The first-order valence-electron chi connectivity index (χ1n) is 5.53. The first-order valence-corrected chi connectivity index (χ1v) is 8.02. The van der Waals surface area contributed by atoms with Gasteiger partial charge in [-0.25, -0.2) is 0 Å². The van der Waals surface area contributed by atoms with Gasteiger partial charge in [-0.05, 0) is 12.8 Å². The average Bonchev–Trinajstić information content (AvgIpc) is 2.21. The fourth-order valence-electron chi connectivity index (χ4n) is 1.09. The van der Waals surface area contributed by atoms with Crippen molar-refractivity contribution in [2.75, 3.05) is 11.5 Å². The minimum atomic E-state index is 0.712. The third-order valence-electron chi connectivity index (χ3n) is 1.93. The van der Waals surface area contributed by atoms with E-state index >= 15 is 0 Å². The molecule has 0 aromatic carbocycles. The molecule has 0 amide bonds. The van der Waals surface area contributed by atoms with Gasteiger partial charge < -0.3 is 0 Å². The summed E-state index contributed by atoms with van der Waals surface area (Å²) in [5.41, 5.74) is 0. The van der Waals surface area contributed by atoms with Gasteiger partial charge in [0.25, 0.3) is 0 Å². The molecule has 0 radical (unpaired) electrons. The van der Waals surface area contributed by atoms with E-state index in [-0.39, 0.29) is 0 Å². The van der Waals surface area contributed by atoms with E-state index in [0.717, 1.165) is 12.2 Å². The Labute approximate surface area is 96.4 Å². The zero-order valence-corrected chi connectivity index (χ0v) is 10.8. The number of rotatable bonds is 10. The maximum atomic E-state index is 8.32. The molecule has 0 bridgehead atoms. The van der Waals surface area contributed by atoms with Crippen molar-refractivity contribution in [3.63, 3.8) is 0 Å². The number of unbranched alkanes of at least 4 members (excludes halogenated alkanes) is 5. The fourth-order valence-corrected chi connectivity index (χ4v) is 3.33. The topological polar surface area (TPSA) is 23.8 Å². The molecule has 0 aromatic heterocycles. The largest absolute Gasteiger partial charge is 0.198 e. The van der Waals surface area contributed by atoms with Crippen molar-refractivity contribution in [2.24, 2.45) is 0 Å². The molecule has 0 aliphatic heterocycles. The van der Waals surface area contributed by atoms with E-state index < -0.39 is 0 Å². The number of nitrogens with zero attached hydrogens (tertiary/aromatic N) is 1. The third-order valence-corrected chi connectivity index (χ3v) is 4.51. The summed E-state index contributed by atoms with van der Waals surface area (Å²) in [7, 11) is 3.89. The monoisotopic (exact) mass is 231 g/mol. The Morgan fingerprint density at radius 2 is 1.57 bits per heavy atom. The maximum Gasteiger partial charge on any atom is 0.0622 e. The normalized spacial score (nSPS) is 10.0. The van der Waals surface area contributed by atoms with Gasteiger partial charge in [0, 0.05) is 17.9 Å². The van der Waals surface area contributed by atoms with E-state index in [2.05, 4.69) is 13.0 Å². The van der Waals surface area contributed by atoms with Crippen molar-refractivity contribution in [3.8, 4) is 6.07 Å². The van der Waals surface area contributed by atoms with Gasteiger partial charge in [0.15, 0.2) is 0 Å². The standard InChI is InChI=1S/C11H21NS2/c1-2-3-4-5-7-10-13-14-11-8-6-9-12/h2-8,10-11H2,1H3. The van der Waals surface area contributed by atoms with E-state index in [9.17, 15) is 0 Å². The molecule has 0 rings (SSSR count). The lowest BCUT2D eigenvalue weighted by Crippen LogP contribution is -1.81. The van der Waals surface area contributed by atoms with Crippen LogP contribution in [0.1, 0.15) is 51.9 Å². The summed E-state index contributed by atoms with van der Waals surface area (Å²) in [5.74, 6) is 2.41. The van der Waals surface area contributed by atoms with Gasteiger partial charge in [-0.2, -0.15) is 5.26 Å².